The summed E-state index contributed by atoms with van der Waals surface area (Å²) in [5.74, 6) is 0. The molecule has 2 rings (SSSR count). The van der Waals surface area contributed by atoms with E-state index in [0.717, 1.165) is 21.3 Å². The lowest BCUT2D eigenvalue weighted by molar-refractivity contribution is -0.137. The van der Waals surface area contributed by atoms with Gasteiger partial charge in [0.25, 0.3) is 0 Å². The molecule has 0 saturated heterocycles. The zero-order valence-electron chi connectivity index (χ0n) is 10.7. The molecular formula is C16H9F3IN. The molecule has 21 heavy (non-hydrogen) atoms. The van der Waals surface area contributed by atoms with E-state index in [0.29, 0.717) is 11.1 Å². The standard InChI is InChI=1S/C16H9F3IN/c17-16(18,19)14-7-5-11(6-8-14)13(10-21)9-12-3-1-2-4-15(12)20/h1-9H/b13-9-. The topological polar surface area (TPSA) is 23.8 Å². The molecule has 1 nitrogen and oxygen atoms in total. The van der Waals surface area contributed by atoms with Crippen molar-refractivity contribution in [2.24, 2.45) is 0 Å². The van der Waals surface area contributed by atoms with Crippen LogP contribution in [-0.2, 0) is 6.18 Å². The number of benzene rings is 2. The molecule has 0 aliphatic carbocycles. The van der Waals surface area contributed by atoms with Crippen molar-refractivity contribution in [1.82, 2.24) is 0 Å². The zero-order valence-corrected chi connectivity index (χ0v) is 12.8. The monoisotopic (exact) mass is 399 g/mol. The number of rotatable bonds is 2. The average Bonchev–Trinajstić information content (AvgIpc) is 2.46. The lowest BCUT2D eigenvalue weighted by Crippen LogP contribution is -2.04. The van der Waals surface area contributed by atoms with Gasteiger partial charge in [0, 0.05) is 3.57 Å². The molecule has 0 aromatic heterocycles. The minimum Gasteiger partial charge on any atom is -0.192 e. The Hall–Kier alpha value is -1.81. The molecule has 0 heterocycles. The summed E-state index contributed by atoms with van der Waals surface area (Å²) in [7, 11) is 0. The van der Waals surface area contributed by atoms with Crippen LogP contribution in [-0.4, -0.2) is 0 Å². The van der Waals surface area contributed by atoms with E-state index in [-0.39, 0.29) is 0 Å². The Morgan fingerprint density at radius 2 is 1.67 bits per heavy atom. The molecule has 0 atom stereocenters. The van der Waals surface area contributed by atoms with Crippen LogP contribution in [0.2, 0.25) is 0 Å². The van der Waals surface area contributed by atoms with Gasteiger partial charge >= 0.3 is 6.18 Å². The van der Waals surface area contributed by atoms with E-state index in [1.807, 2.05) is 30.3 Å². The predicted octanol–water partition coefficient (Wildman–Crippen LogP) is 5.37. The molecule has 0 aliphatic heterocycles. The maximum atomic E-state index is 12.5. The zero-order chi connectivity index (χ0) is 15.5. The molecule has 0 bridgehead atoms. The minimum absolute atomic E-state index is 0.327. The van der Waals surface area contributed by atoms with Gasteiger partial charge in [-0.05, 0) is 58.0 Å². The maximum absolute atomic E-state index is 12.5. The molecule has 2 aromatic rings. The second-order valence-electron chi connectivity index (χ2n) is 4.27. The fraction of sp³-hybridized carbons (Fsp3) is 0.0625. The number of alkyl halides is 3. The first-order valence-electron chi connectivity index (χ1n) is 5.96. The summed E-state index contributed by atoms with van der Waals surface area (Å²) < 4.78 is 38.5. The Morgan fingerprint density at radius 1 is 1.05 bits per heavy atom. The van der Waals surface area contributed by atoms with E-state index in [9.17, 15) is 18.4 Å². The second-order valence-corrected chi connectivity index (χ2v) is 5.43. The van der Waals surface area contributed by atoms with Crippen molar-refractivity contribution in [2.75, 3.05) is 0 Å². The lowest BCUT2D eigenvalue weighted by Gasteiger charge is -2.07. The van der Waals surface area contributed by atoms with Crippen LogP contribution in [0, 0.1) is 14.9 Å². The average molecular weight is 399 g/mol. The molecule has 2 aromatic carbocycles. The van der Waals surface area contributed by atoms with Crippen molar-refractivity contribution < 1.29 is 13.2 Å². The number of nitrogens with zero attached hydrogens (tertiary/aromatic N) is 1. The van der Waals surface area contributed by atoms with E-state index in [2.05, 4.69) is 22.6 Å². The van der Waals surface area contributed by atoms with Gasteiger partial charge < -0.3 is 0 Å². The van der Waals surface area contributed by atoms with Crippen LogP contribution >= 0.6 is 22.6 Å². The Morgan fingerprint density at radius 3 is 2.19 bits per heavy atom. The predicted molar refractivity (Wildman–Crippen MR) is 84.1 cm³/mol. The van der Waals surface area contributed by atoms with Crippen LogP contribution in [0.15, 0.2) is 48.5 Å². The van der Waals surface area contributed by atoms with E-state index in [1.165, 1.54) is 12.1 Å². The molecule has 5 heteroatoms. The van der Waals surface area contributed by atoms with Crippen molar-refractivity contribution in [3.8, 4) is 6.07 Å². The van der Waals surface area contributed by atoms with Crippen molar-refractivity contribution in [1.29, 1.82) is 5.26 Å². The normalized spacial score (nSPS) is 12.0. The first-order chi connectivity index (χ1) is 9.91. The molecule has 0 N–H and O–H groups in total. The molecule has 0 spiro atoms. The summed E-state index contributed by atoms with van der Waals surface area (Å²) in [4.78, 5) is 0. The summed E-state index contributed by atoms with van der Waals surface area (Å²) in [6, 6.07) is 14.1. The van der Waals surface area contributed by atoms with E-state index >= 15 is 0 Å². The molecule has 0 radical (unpaired) electrons. The van der Waals surface area contributed by atoms with Gasteiger partial charge in [-0.15, -0.1) is 0 Å². The van der Waals surface area contributed by atoms with Crippen molar-refractivity contribution >= 4 is 34.2 Å². The van der Waals surface area contributed by atoms with Gasteiger partial charge in [0.15, 0.2) is 0 Å². The van der Waals surface area contributed by atoms with Crippen LogP contribution in [0.25, 0.3) is 11.6 Å². The summed E-state index contributed by atoms with van der Waals surface area (Å²) in [5.41, 5.74) is 0.922. The van der Waals surface area contributed by atoms with Gasteiger partial charge in [0.2, 0.25) is 0 Å². The highest BCUT2D eigenvalue weighted by Crippen LogP contribution is 2.30. The summed E-state index contributed by atoms with van der Waals surface area (Å²) in [6.07, 6.45) is -2.70. The largest absolute Gasteiger partial charge is 0.416 e. The number of halogens is 4. The third-order valence-electron chi connectivity index (χ3n) is 2.85. The molecule has 0 saturated carbocycles. The van der Waals surface area contributed by atoms with Crippen molar-refractivity contribution in [3.05, 3.63) is 68.8 Å². The Kier molecular flexibility index (Phi) is 4.68. The van der Waals surface area contributed by atoms with Gasteiger partial charge in [-0.1, -0.05) is 30.3 Å². The Labute approximate surface area is 133 Å². The smallest absolute Gasteiger partial charge is 0.192 e. The molecule has 106 valence electrons. The third kappa shape index (κ3) is 3.85. The van der Waals surface area contributed by atoms with Crippen molar-refractivity contribution in [3.63, 3.8) is 0 Å². The first kappa shape index (κ1) is 15.6. The van der Waals surface area contributed by atoms with Gasteiger partial charge in [0.05, 0.1) is 17.2 Å². The van der Waals surface area contributed by atoms with E-state index < -0.39 is 11.7 Å². The molecule has 0 aliphatic rings. The van der Waals surface area contributed by atoms with Crippen LogP contribution in [0.3, 0.4) is 0 Å². The van der Waals surface area contributed by atoms with Crippen LogP contribution in [0.4, 0.5) is 13.2 Å². The van der Waals surface area contributed by atoms with Gasteiger partial charge in [-0.2, -0.15) is 18.4 Å². The van der Waals surface area contributed by atoms with Crippen LogP contribution < -0.4 is 0 Å². The highest BCUT2D eigenvalue weighted by atomic mass is 127. The van der Waals surface area contributed by atoms with Gasteiger partial charge in [0.1, 0.15) is 0 Å². The van der Waals surface area contributed by atoms with Gasteiger partial charge in [-0.3, -0.25) is 0 Å². The Balaban J connectivity index is 2.39. The lowest BCUT2D eigenvalue weighted by atomic mass is 10.0. The molecule has 0 unspecified atom stereocenters. The molecular weight excluding hydrogens is 390 g/mol. The fourth-order valence-corrected chi connectivity index (χ4v) is 2.31. The Bertz CT molecular complexity index is 710. The first-order valence-corrected chi connectivity index (χ1v) is 7.03. The van der Waals surface area contributed by atoms with E-state index in [1.54, 1.807) is 6.08 Å². The highest BCUT2D eigenvalue weighted by Gasteiger charge is 2.30. The summed E-state index contributed by atoms with van der Waals surface area (Å²) in [5, 5.41) is 9.22. The van der Waals surface area contributed by atoms with Crippen LogP contribution in [0.1, 0.15) is 16.7 Å². The van der Waals surface area contributed by atoms with Crippen LogP contribution in [0.5, 0.6) is 0 Å². The van der Waals surface area contributed by atoms with E-state index in [4.69, 9.17) is 0 Å². The quantitative estimate of drug-likeness (QED) is 0.378. The second kappa shape index (κ2) is 6.31. The fourth-order valence-electron chi connectivity index (χ4n) is 1.77. The van der Waals surface area contributed by atoms with Gasteiger partial charge in [-0.25, -0.2) is 0 Å². The summed E-state index contributed by atoms with van der Waals surface area (Å²) >= 11 is 2.14. The highest BCUT2D eigenvalue weighted by molar-refractivity contribution is 14.1. The number of nitriles is 1. The SMILES string of the molecule is N#C/C(=C/c1ccccc1I)c1ccc(C(F)(F)F)cc1. The number of allylic oxidation sites excluding steroid dienone is 1. The molecule has 0 fully saturated rings. The minimum atomic E-state index is -4.37. The number of hydrogen-bond acceptors (Lipinski definition) is 1. The summed E-state index contributed by atoms with van der Waals surface area (Å²) in [6.45, 7) is 0. The maximum Gasteiger partial charge on any atom is 0.416 e. The third-order valence-corrected chi connectivity index (χ3v) is 3.83. The van der Waals surface area contributed by atoms with Crippen molar-refractivity contribution in [2.45, 2.75) is 6.18 Å². The molecule has 0 amide bonds. The number of hydrogen-bond donors (Lipinski definition) is 0.